The summed E-state index contributed by atoms with van der Waals surface area (Å²) in [5.74, 6) is 0.0193. The minimum Gasteiger partial charge on any atom is -0.508 e. The fourth-order valence-corrected chi connectivity index (χ4v) is 3.19. The first-order valence-electron chi connectivity index (χ1n) is 8.89. The van der Waals surface area contributed by atoms with Crippen molar-refractivity contribution in [2.45, 2.75) is 6.54 Å². The van der Waals surface area contributed by atoms with Crippen LogP contribution in [0.15, 0.2) is 53.6 Å². The summed E-state index contributed by atoms with van der Waals surface area (Å²) in [5, 5.41) is 14.1. The molecular weight excluding hydrogens is 364 g/mol. The lowest BCUT2D eigenvalue weighted by atomic mass is 10.2. The molecule has 27 heavy (non-hydrogen) atoms. The number of piperazine rings is 1. The van der Waals surface area contributed by atoms with Gasteiger partial charge in [0.25, 0.3) is 5.91 Å². The molecule has 2 N–H and O–H groups in total. The van der Waals surface area contributed by atoms with E-state index < -0.39 is 0 Å². The summed E-state index contributed by atoms with van der Waals surface area (Å²) in [4.78, 5) is 16.5. The molecule has 2 aromatic carbocycles. The van der Waals surface area contributed by atoms with Gasteiger partial charge in [0, 0.05) is 37.7 Å². The van der Waals surface area contributed by atoms with E-state index in [1.807, 2.05) is 24.3 Å². The molecule has 0 aromatic heterocycles. The molecular formula is C20H23ClN4O2. The summed E-state index contributed by atoms with van der Waals surface area (Å²) >= 11 is 6.23. The fraction of sp³-hybridized carbons (Fsp3) is 0.300. The molecule has 0 bridgehead atoms. The summed E-state index contributed by atoms with van der Waals surface area (Å²) in [6.07, 6.45) is 1.51. The van der Waals surface area contributed by atoms with Gasteiger partial charge in [-0.05, 0) is 29.3 Å². The smallest absolute Gasteiger partial charge is 0.254 e. The van der Waals surface area contributed by atoms with E-state index in [9.17, 15) is 9.90 Å². The Kier molecular flexibility index (Phi) is 6.81. The van der Waals surface area contributed by atoms with E-state index in [2.05, 4.69) is 20.3 Å². The van der Waals surface area contributed by atoms with Crippen molar-refractivity contribution < 1.29 is 9.90 Å². The number of carbonyl (C=O) groups excluding carboxylic acids is 1. The Morgan fingerprint density at radius 3 is 2.59 bits per heavy atom. The van der Waals surface area contributed by atoms with Crippen LogP contribution in [-0.2, 0) is 11.3 Å². The van der Waals surface area contributed by atoms with Crippen LogP contribution in [-0.4, -0.2) is 59.8 Å². The molecule has 0 spiro atoms. The number of nitrogens with zero attached hydrogens (tertiary/aromatic N) is 3. The number of phenols is 1. The predicted molar refractivity (Wildman–Crippen MR) is 107 cm³/mol. The van der Waals surface area contributed by atoms with Crippen molar-refractivity contribution in [2.75, 3.05) is 32.7 Å². The molecule has 0 radical (unpaired) electrons. The largest absolute Gasteiger partial charge is 0.508 e. The minimum atomic E-state index is -0.147. The van der Waals surface area contributed by atoms with Crippen LogP contribution in [0.2, 0.25) is 5.02 Å². The van der Waals surface area contributed by atoms with Gasteiger partial charge in [-0.3, -0.25) is 14.6 Å². The Hall–Kier alpha value is -2.41. The molecule has 1 amide bonds. The number of aromatic hydroxyl groups is 1. The van der Waals surface area contributed by atoms with Crippen molar-refractivity contribution in [2.24, 2.45) is 5.10 Å². The average molecular weight is 387 g/mol. The van der Waals surface area contributed by atoms with Crippen LogP contribution >= 0.6 is 11.6 Å². The van der Waals surface area contributed by atoms with E-state index in [4.69, 9.17) is 11.6 Å². The highest BCUT2D eigenvalue weighted by Gasteiger charge is 2.19. The zero-order chi connectivity index (χ0) is 19.1. The first-order chi connectivity index (χ1) is 13.1. The second kappa shape index (κ2) is 9.50. The number of hydrogen-bond acceptors (Lipinski definition) is 5. The normalized spacial score (nSPS) is 15.9. The molecule has 1 saturated heterocycles. The number of halogens is 1. The van der Waals surface area contributed by atoms with Crippen molar-refractivity contribution >= 4 is 23.7 Å². The lowest BCUT2D eigenvalue weighted by Crippen LogP contribution is -2.48. The molecule has 142 valence electrons. The average Bonchev–Trinajstić information content (AvgIpc) is 2.65. The van der Waals surface area contributed by atoms with E-state index >= 15 is 0 Å². The van der Waals surface area contributed by atoms with Crippen LogP contribution in [0.25, 0.3) is 0 Å². The SMILES string of the molecule is O=C(CN1CCN(Cc2ccccc2Cl)CC1)N/N=C\c1cccc(O)c1. The third-order valence-corrected chi connectivity index (χ3v) is 4.83. The van der Waals surface area contributed by atoms with E-state index in [0.29, 0.717) is 6.54 Å². The molecule has 7 heteroatoms. The molecule has 1 heterocycles. The number of hydrazone groups is 1. The van der Waals surface area contributed by atoms with Gasteiger partial charge >= 0.3 is 0 Å². The topological polar surface area (TPSA) is 68.2 Å². The van der Waals surface area contributed by atoms with Gasteiger partial charge in [-0.15, -0.1) is 0 Å². The number of carbonyl (C=O) groups is 1. The van der Waals surface area contributed by atoms with Gasteiger partial charge in [0.05, 0.1) is 12.8 Å². The molecule has 0 atom stereocenters. The molecule has 1 aliphatic rings. The van der Waals surface area contributed by atoms with Crippen LogP contribution < -0.4 is 5.43 Å². The maximum Gasteiger partial charge on any atom is 0.254 e. The van der Waals surface area contributed by atoms with Crippen LogP contribution in [0, 0.1) is 0 Å². The highest BCUT2D eigenvalue weighted by atomic mass is 35.5. The number of rotatable bonds is 6. The molecule has 2 aromatic rings. The summed E-state index contributed by atoms with van der Waals surface area (Å²) in [5.41, 5.74) is 4.39. The molecule has 1 aliphatic heterocycles. The quantitative estimate of drug-likeness (QED) is 0.590. The van der Waals surface area contributed by atoms with Gasteiger partial charge in [0.15, 0.2) is 0 Å². The van der Waals surface area contributed by atoms with Gasteiger partial charge in [-0.2, -0.15) is 5.10 Å². The molecule has 0 unspecified atom stereocenters. The minimum absolute atomic E-state index is 0.147. The van der Waals surface area contributed by atoms with Gasteiger partial charge in [0.2, 0.25) is 0 Å². The van der Waals surface area contributed by atoms with Crippen LogP contribution in [0.3, 0.4) is 0 Å². The number of phenolic OH excluding ortho intramolecular Hbond substituents is 1. The summed E-state index contributed by atoms with van der Waals surface area (Å²) in [7, 11) is 0. The van der Waals surface area contributed by atoms with E-state index in [1.165, 1.54) is 6.21 Å². The monoisotopic (exact) mass is 386 g/mol. The molecule has 1 fully saturated rings. The number of nitrogens with one attached hydrogen (secondary N) is 1. The Morgan fingerprint density at radius 1 is 1.11 bits per heavy atom. The first-order valence-corrected chi connectivity index (χ1v) is 9.27. The Labute approximate surface area is 164 Å². The Bertz CT molecular complexity index is 804. The summed E-state index contributed by atoms with van der Waals surface area (Å²) < 4.78 is 0. The van der Waals surface area contributed by atoms with E-state index in [-0.39, 0.29) is 11.7 Å². The van der Waals surface area contributed by atoms with Crippen LogP contribution in [0.5, 0.6) is 5.75 Å². The third-order valence-electron chi connectivity index (χ3n) is 4.46. The lowest BCUT2D eigenvalue weighted by molar-refractivity contribution is -0.122. The van der Waals surface area contributed by atoms with Crippen molar-refractivity contribution in [1.82, 2.24) is 15.2 Å². The van der Waals surface area contributed by atoms with Crippen molar-refractivity contribution in [3.8, 4) is 5.75 Å². The summed E-state index contributed by atoms with van der Waals surface area (Å²) in [6, 6.07) is 14.6. The Balaban J connectivity index is 1.39. The molecule has 0 saturated carbocycles. The zero-order valence-corrected chi connectivity index (χ0v) is 15.8. The van der Waals surface area contributed by atoms with Crippen molar-refractivity contribution in [3.63, 3.8) is 0 Å². The van der Waals surface area contributed by atoms with Crippen molar-refractivity contribution in [1.29, 1.82) is 0 Å². The van der Waals surface area contributed by atoms with E-state index in [0.717, 1.165) is 48.9 Å². The Morgan fingerprint density at radius 2 is 1.85 bits per heavy atom. The predicted octanol–water partition coefficient (Wildman–Crippen LogP) is 2.31. The molecule has 3 rings (SSSR count). The lowest BCUT2D eigenvalue weighted by Gasteiger charge is -2.34. The fourth-order valence-electron chi connectivity index (χ4n) is 3.00. The second-order valence-corrected chi connectivity index (χ2v) is 6.94. The molecule has 0 aliphatic carbocycles. The zero-order valence-electron chi connectivity index (χ0n) is 15.0. The van der Waals surface area contributed by atoms with Gasteiger partial charge < -0.3 is 5.11 Å². The van der Waals surface area contributed by atoms with Gasteiger partial charge in [-0.1, -0.05) is 41.9 Å². The second-order valence-electron chi connectivity index (χ2n) is 6.53. The number of benzene rings is 2. The standard InChI is InChI=1S/C20H23ClN4O2/c21-19-7-2-1-5-17(19)14-24-8-10-25(11-9-24)15-20(27)23-22-13-16-4-3-6-18(26)12-16/h1-7,12-13,26H,8-11,14-15H2,(H,23,27)/b22-13-. The number of hydrogen-bond donors (Lipinski definition) is 2. The van der Waals surface area contributed by atoms with Gasteiger partial charge in [0.1, 0.15) is 5.75 Å². The first kappa shape index (κ1) is 19.4. The highest BCUT2D eigenvalue weighted by molar-refractivity contribution is 6.31. The maximum absolute atomic E-state index is 12.0. The van der Waals surface area contributed by atoms with Gasteiger partial charge in [-0.25, -0.2) is 5.43 Å². The number of amides is 1. The van der Waals surface area contributed by atoms with Crippen molar-refractivity contribution in [3.05, 3.63) is 64.7 Å². The summed E-state index contributed by atoms with van der Waals surface area (Å²) in [6.45, 7) is 4.59. The maximum atomic E-state index is 12.0. The third kappa shape index (κ3) is 6.06. The molecule has 6 nitrogen and oxygen atoms in total. The van der Waals surface area contributed by atoms with Crippen LogP contribution in [0.1, 0.15) is 11.1 Å². The van der Waals surface area contributed by atoms with Crippen LogP contribution in [0.4, 0.5) is 0 Å². The van der Waals surface area contributed by atoms with E-state index in [1.54, 1.807) is 24.3 Å². The highest BCUT2D eigenvalue weighted by Crippen LogP contribution is 2.17.